The number of aliphatic hydroxyl groups excluding tert-OH is 1. The molecule has 3 aromatic rings. The van der Waals surface area contributed by atoms with E-state index < -0.39 is 23.4 Å². The summed E-state index contributed by atoms with van der Waals surface area (Å²) >= 11 is 4.31. The Balaban J connectivity index is 1.78. The van der Waals surface area contributed by atoms with Gasteiger partial charge in [0, 0.05) is 16.4 Å². The van der Waals surface area contributed by atoms with Crippen molar-refractivity contribution in [2.75, 3.05) is 13.7 Å². The first-order valence-electron chi connectivity index (χ1n) is 14.9. The molecule has 1 heterocycles. The number of phenolic OH excluding ortho intramolecular Hbond substituents is 1. The van der Waals surface area contributed by atoms with Gasteiger partial charge in [0.2, 0.25) is 5.76 Å². The monoisotopic (exact) mass is 610 g/mol. The number of fused-ring (bicyclic) bond motifs is 1. The third-order valence-electron chi connectivity index (χ3n) is 7.37. The fourth-order valence-electron chi connectivity index (χ4n) is 5.07. The molecule has 0 aliphatic carbocycles. The van der Waals surface area contributed by atoms with Gasteiger partial charge in [-0.15, -0.1) is 12.6 Å². The van der Waals surface area contributed by atoms with Crippen molar-refractivity contribution in [1.82, 2.24) is 0 Å². The minimum Gasteiger partial charge on any atom is -0.507 e. The first kappa shape index (κ1) is 33.9. The quantitative estimate of drug-likeness (QED) is 0.0513. The summed E-state index contributed by atoms with van der Waals surface area (Å²) in [6.45, 7) is 5.85. The predicted octanol–water partition coefficient (Wildman–Crippen LogP) is 7.17. The number of Topliss-reactive ketones (excluding diaryl/α,β-unsaturated/α-hetero) is 1. The smallest absolute Gasteiger partial charge is 0.374 e. The topological polar surface area (TPSA) is 123 Å². The van der Waals surface area contributed by atoms with Crippen LogP contribution >= 0.6 is 12.6 Å². The fraction of sp³-hybridized carbons (Fsp3) is 0.441. The number of ether oxygens (including phenoxy) is 2. The minimum atomic E-state index is -0.907. The molecule has 0 radical (unpaired) electrons. The number of aromatic hydroxyl groups is 1. The molecule has 0 amide bonds. The van der Waals surface area contributed by atoms with E-state index in [-0.39, 0.29) is 28.4 Å². The summed E-state index contributed by atoms with van der Waals surface area (Å²) in [4.78, 5) is 38.8. The van der Waals surface area contributed by atoms with E-state index in [1.165, 1.54) is 14.0 Å². The molecule has 0 spiro atoms. The summed E-state index contributed by atoms with van der Waals surface area (Å²) in [5.41, 5.74) is 0.833. The van der Waals surface area contributed by atoms with Gasteiger partial charge in [-0.05, 0) is 69.4 Å². The number of esters is 1. The number of hydrogen-bond acceptors (Lipinski definition) is 9. The van der Waals surface area contributed by atoms with E-state index in [0.29, 0.717) is 59.4 Å². The first-order valence-corrected chi connectivity index (χ1v) is 15.3. The van der Waals surface area contributed by atoms with E-state index in [1.807, 2.05) is 19.9 Å². The van der Waals surface area contributed by atoms with Crippen LogP contribution in [-0.4, -0.2) is 41.8 Å². The van der Waals surface area contributed by atoms with Gasteiger partial charge in [0.05, 0.1) is 36.3 Å². The number of allylic oxidation sites excluding steroid dienone is 1. The van der Waals surface area contributed by atoms with Crippen molar-refractivity contribution >= 4 is 35.4 Å². The lowest BCUT2D eigenvalue weighted by Crippen LogP contribution is -2.27. The highest BCUT2D eigenvalue weighted by Gasteiger charge is 2.30. The number of carbonyl (C=O) groups is 2. The molecule has 8 nitrogen and oxygen atoms in total. The third-order valence-corrected chi connectivity index (χ3v) is 7.65. The van der Waals surface area contributed by atoms with Gasteiger partial charge in [-0.2, -0.15) is 0 Å². The molecule has 0 saturated carbocycles. The van der Waals surface area contributed by atoms with Crippen LogP contribution < -0.4 is 10.2 Å². The Bertz CT molecular complexity index is 1510. The Hall–Kier alpha value is -3.56. The van der Waals surface area contributed by atoms with Crippen molar-refractivity contribution in [3.63, 3.8) is 0 Å². The second-order valence-corrected chi connectivity index (χ2v) is 11.1. The van der Waals surface area contributed by atoms with Crippen LogP contribution in [0.25, 0.3) is 11.0 Å². The van der Waals surface area contributed by atoms with Crippen LogP contribution in [0.5, 0.6) is 11.5 Å². The molecular formula is C34H42O8S. The van der Waals surface area contributed by atoms with Crippen LogP contribution in [0.1, 0.15) is 104 Å². The van der Waals surface area contributed by atoms with Gasteiger partial charge in [-0.1, -0.05) is 45.3 Å². The zero-order valence-electron chi connectivity index (χ0n) is 25.4. The molecule has 0 fully saturated rings. The molecule has 0 saturated heterocycles. The van der Waals surface area contributed by atoms with Crippen molar-refractivity contribution in [3.05, 3.63) is 75.2 Å². The number of methoxy groups -OCH3 is 1. The maximum Gasteiger partial charge on any atom is 0.374 e. The number of benzene rings is 2. The standard InChI is InChI=1S/C34H42O8S/c1-5-7-14-27(36)24(30-32(38)26-16-15-22(43)20-29(26)42-33(30)34(39)40-4)13-10-8-9-11-19-41-28-18-17-23(21(3)35)31(37)25(28)12-6-2/h10,13,15-18,20,24,27,36-37,43H,5-9,11-12,14,19H2,1-4H3/t24-,27-/m1/s1. The zero-order chi connectivity index (χ0) is 31.5. The SMILES string of the molecule is CCCC[C@@H](O)[C@@H](C=CCCCCOc1ccc(C(C)=O)c(O)c1CCC)c1c(C(=O)OC)oc2cc(S)ccc2c1=O. The normalized spacial score (nSPS) is 12.9. The van der Waals surface area contributed by atoms with Gasteiger partial charge < -0.3 is 24.1 Å². The molecule has 2 N–H and O–H groups in total. The number of phenols is 1. The lowest BCUT2D eigenvalue weighted by atomic mass is 9.88. The van der Waals surface area contributed by atoms with E-state index in [0.717, 1.165) is 25.7 Å². The van der Waals surface area contributed by atoms with Gasteiger partial charge in [0.1, 0.15) is 17.1 Å². The number of hydrogen-bond donors (Lipinski definition) is 3. The van der Waals surface area contributed by atoms with Crippen LogP contribution in [0, 0.1) is 0 Å². The summed E-state index contributed by atoms with van der Waals surface area (Å²) in [7, 11) is 1.22. The summed E-state index contributed by atoms with van der Waals surface area (Å²) in [5.74, 6) is -1.42. The van der Waals surface area contributed by atoms with Crippen molar-refractivity contribution in [3.8, 4) is 11.5 Å². The second kappa shape index (κ2) is 16.3. The molecule has 0 aliphatic rings. The van der Waals surface area contributed by atoms with Gasteiger partial charge in [-0.3, -0.25) is 9.59 Å². The average Bonchev–Trinajstić information content (AvgIpc) is 2.98. The second-order valence-electron chi connectivity index (χ2n) is 10.6. The van der Waals surface area contributed by atoms with E-state index in [9.17, 15) is 24.6 Å². The van der Waals surface area contributed by atoms with Crippen LogP contribution in [0.3, 0.4) is 0 Å². The van der Waals surface area contributed by atoms with Crippen LogP contribution in [0.15, 0.2) is 56.6 Å². The Morgan fingerprint density at radius 3 is 2.53 bits per heavy atom. The van der Waals surface area contributed by atoms with Gasteiger partial charge in [-0.25, -0.2) is 4.79 Å². The molecular weight excluding hydrogens is 568 g/mol. The molecule has 3 rings (SSSR count). The Kier molecular flexibility index (Phi) is 12.9. The van der Waals surface area contributed by atoms with Gasteiger partial charge in [0.15, 0.2) is 11.2 Å². The molecule has 43 heavy (non-hydrogen) atoms. The molecule has 9 heteroatoms. The zero-order valence-corrected chi connectivity index (χ0v) is 26.2. The lowest BCUT2D eigenvalue weighted by molar-refractivity contribution is 0.0560. The molecule has 0 unspecified atom stereocenters. The Labute approximate surface area is 258 Å². The van der Waals surface area contributed by atoms with Crippen molar-refractivity contribution in [2.45, 2.75) is 89.1 Å². The van der Waals surface area contributed by atoms with Gasteiger partial charge >= 0.3 is 5.97 Å². The highest BCUT2D eigenvalue weighted by atomic mass is 32.1. The van der Waals surface area contributed by atoms with Gasteiger partial charge in [0.25, 0.3) is 0 Å². The Morgan fingerprint density at radius 1 is 1.09 bits per heavy atom. The third kappa shape index (κ3) is 8.51. The maximum atomic E-state index is 13.7. The number of ketones is 1. The number of rotatable bonds is 16. The van der Waals surface area contributed by atoms with Crippen molar-refractivity contribution in [2.24, 2.45) is 0 Å². The molecule has 2 aromatic carbocycles. The number of unbranched alkanes of at least 4 members (excludes halogenated alkanes) is 3. The maximum absolute atomic E-state index is 13.7. The van der Waals surface area contributed by atoms with E-state index in [1.54, 1.807) is 36.4 Å². The highest BCUT2D eigenvalue weighted by molar-refractivity contribution is 7.80. The summed E-state index contributed by atoms with van der Waals surface area (Å²) in [6.07, 6.45) is 8.34. The van der Waals surface area contributed by atoms with E-state index in [4.69, 9.17) is 13.9 Å². The van der Waals surface area contributed by atoms with E-state index >= 15 is 0 Å². The lowest BCUT2D eigenvalue weighted by Gasteiger charge is -2.21. The van der Waals surface area contributed by atoms with Crippen molar-refractivity contribution in [1.29, 1.82) is 0 Å². The van der Waals surface area contributed by atoms with Crippen LogP contribution in [0.4, 0.5) is 0 Å². The Morgan fingerprint density at radius 2 is 1.86 bits per heavy atom. The molecule has 232 valence electrons. The number of carbonyl (C=O) groups excluding carboxylic acids is 2. The van der Waals surface area contributed by atoms with Crippen LogP contribution in [-0.2, 0) is 11.2 Å². The molecule has 2 atom stereocenters. The first-order chi connectivity index (χ1) is 20.6. The number of thiol groups is 1. The van der Waals surface area contributed by atoms with Crippen LogP contribution in [0.2, 0.25) is 0 Å². The average molecular weight is 611 g/mol. The largest absolute Gasteiger partial charge is 0.507 e. The molecule has 1 aromatic heterocycles. The summed E-state index contributed by atoms with van der Waals surface area (Å²) < 4.78 is 16.8. The summed E-state index contributed by atoms with van der Waals surface area (Å²) in [5, 5.41) is 22.0. The van der Waals surface area contributed by atoms with E-state index in [2.05, 4.69) is 12.6 Å². The number of aliphatic hydroxyl groups is 1. The minimum absolute atomic E-state index is 0.0157. The molecule has 0 aliphatic heterocycles. The fourth-order valence-corrected chi connectivity index (χ4v) is 5.26. The summed E-state index contributed by atoms with van der Waals surface area (Å²) in [6, 6.07) is 8.17. The molecule has 0 bridgehead atoms. The predicted molar refractivity (Wildman–Crippen MR) is 170 cm³/mol. The van der Waals surface area contributed by atoms with Crippen molar-refractivity contribution < 1.29 is 33.7 Å². The highest BCUT2D eigenvalue weighted by Crippen LogP contribution is 2.33.